The zero-order chi connectivity index (χ0) is 53.3. The maximum Gasteiger partial charge on any atom is 0.329 e. The van der Waals surface area contributed by atoms with Gasteiger partial charge < -0.3 is 48.0 Å². The van der Waals surface area contributed by atoms with Gasteiger partial charge in [0.2, 0.25) is 5.79 Å². The average molecular weight is 1030 g/mol. The number of allylic oxidation sites excluding steroid dienone is 3. The Morgan fingerprint density at radius 3 is 2.11 bits per heavy atom. The van der Waals surface area contributed by atoms with Crippen LogP contribution in [0, 0.1) is 29.6 Å². The molecule has 5 rings (SSSR count). The number of Topliss-reactive ketones (excluding diaryl/α,β-unsaturated/α-hetero) is 2. The van der Waals surface area contributed by atoms with Crippen LogP contribution in [0.5, 0.6) is 0 Å². The number of amides is 1. The lowest BCUT2D eigenvalue weighted by Gasteiger charge is -2.47. The fourth-order valence-electron chi connectivity index (χ4n) is 11.2. The number of rotatable bonds is 12. The van der Waals surface area contributed by atoms with Crippen LogP contribution in [0.1, 0.15) is 144 Å². The number of esters is 1. The highest BCUT2D eigenvalue weighted by Crippen LogP contribution is 2.42. The van der Waals surface area contributed by atoms with Gasteiger partial charge in [-0.1, -0.05) is 90.5 Å². The summed E-state index contributed by atoms with van der Waals surface area (Å²) < 4.78 is 44.8. The van der Waals surface area contributed by atoms with Crippen LogP contribution in [-0.2, 0) is 65.2 Å². The molecule has 3 fully saturated rings. The van der Waals surface area contributed by atoms with Crippen LogP contribution >= 0.6 is 0 Å². The molecule has 4 aliphatic rings. The molecule has 1 saturated carbocycles. The minimum absolute atomic E-state index is 0.0196. The van der Waals surface area contributed by atoms with E-state index in [1.54, 1.807) is 28.3 Å². The van der Waals surface area contributed by atoms with Gasteiger partial charge in [-0.3, -0.25) is 14.4 Å². The molecule has 14 unspecified atom stereocenters. The van der Waals surface area contributed by atoms with Crippen molar-refractivity contribution in [2.24, 2.45) is 29.6 Å². The first-order valence-corrected chi connectivity index (χ1v) is 29.7. The number of cyclic esters (lactones) is 1. The van der Waals surface area contributed by atoms with Crippen LogP contribution < -0.4 is 0 Å². The molecule has 1 aliphatic carbocycles. The summed E-state index contributed by atoms with van der Waals surface area (Å²) in [5.74, 6) is -6.91. The molecule has 72 heavy (non-hydrogen) atoms. The summed E-state index contributed by atoms with van der Waals surface area (Å²) in [5.41, 5.74) is 3.68. The lowest BCUT2D eigenvalue weighted by molar-refractivity contribution is -0.302. The number of aliphatic hydroxyl groups is 2. The van der Waals surface area contributed by atoms with Crippen molar-refractivity contribution in [2.45, 2.75) is 219 Å². The zero-order valence-electron chi connectivity index (χ0n) is 46.2. The quantitative estimate of drug-likeness (QED) is 0.0878. The second kappa shape index (κ2) is 26.1. The Balaban J connectivity index is 1.57. The smallest absolute Gasteiger partial charge is 0.329 e. The van der Waals surface area contributed by atoms with E-state index in [0.717, 1.165) is 35.1 Å². The molecule has 14 atom stereocenters. The Kier molecular flexibility index (Phi) is 21.6. The number of aliphatic hydroxyl groups excluding tert-OH is 1. The first-order valence-electron chi connectivity index (χ1n) is 26.8. The van der Waals surface area contributed by atoms with Gasteiger partial charge in [-0.15, -0.1) is 0 Å². The van der Waals surface area contributed by atoms with Crippen molar-refractivity contribution >= 4 is 31.8 Å². The highest BCUT2D eigenvalue weighted by molar-refractivity contribution is 6.74. The van der Waals surface area contributed by atoms with Crippen LogP contribution in [0.3, 0.4) is 0 Å². The van der Waals surface area contributed by atoms with Crippen molar-refractivity contribution in [1.29, 1.82) is 0 Å². The number of piperidine rings is 1. The Morgan fingerprint density at radius 1 is 0.861 bits per heavy atom. The molecular weight excluding hydrogens is 935 g/mol. The third-order valence-corrected chi connectivity index (χ3v) is 21.3. The summed E-state index contributed by atoms with van der Waals surface area (Å²) >= 11 is 0. The van der Waals surface area contributed by atoms with Gasteiger partial charge >= 0.3 is 5.97 Å². The summed E-state index contributed by atoms with van der Waals surface area (Å²) in [6, 6.07) is 6.59. The summed E-state index contributed by atoms with van der Waals surface area (Å²) in [4.78, 5) is 60.3. The molecule has 14 nitrogen and oxygen atoms in total. The van der Waals surface area contributed by atoms with E-state index in [4.69, 9.17) is 32.8 Å². The van der Waals surface area contributed by atoms with Crippen LogP contribution in [0.4, 0.5) is 0 Å². The summed E-state index contributed by atoms with van der Waals surface area (Å²) in [5, 5.41) is 21.6. The van der Waals surface area contributed by atoms with E-state index >= 15 is 4.79 Å². The lowest BCUT2D eigenvalue weighted by Crippen LogP contribution is -2.64. The summed E-state index contributed by atoms with van der Waals surface area (Å²) in [6.45, 7) is 23.1. The molecule has 2 saturated heterocycles. The van der Waals surface area contributed by atoms with Gasteiger partial charge in [0.15, 0.2) is 8.32 Å². The van der Waals surface area contributed by atoms with Crippen molar-refractivity contribution < 1.29 is 62.2 Å². The molecule has 406 valence electrons. The number of nitrogens with zero attached hydrogens (tertiary/aromatic N) is 1. The van der Waals surface area contributed by atoms with Gasteiger partial charge in [0.1, 0.15) is 24.0 Å². The van der Waals surface area contributed by atoms with Crippen molar-refractivity contribution in [3.63, 3.8) is 0 Å². The van der Waals surface area contributed by atoms with Crippen LogP contribution in [0.2, 0.25) is 18.1 Å². The molecule has 2 N–H and O–H groups in total. The van der Waals surface area contributed by atoms with Crippen molar-refractivity contribution in [1.82, 2.24) is 4.90 Å². The van der Waals surface area contributed by atoms with E-state index in [1.807, 2.05) is 52.0 Å². The number of benzene rings is 1. The number of methoxy groups -OCH3 is 3. The molecule has 1 amide bonds. The summed E-state index contributed by atoms with van der Waals surface area (Å²) in [6.07, 6.45) is 6.02. The second-order valence-electron chi connectivity index (χ2n) is 23.3. The third-order valence-electron chi connectivity index (χ3n) is 16.8. The second-order valence-corrected chi connectivity index (χ2v) is 28.0. The predicted molar refractivity (Wildman–Crippen MR) is 279 cm³/mol. The van der Waals surface area contributed by atoms with E-state index in [1.165, 1.54) is 4.90 Å². The van der Waals surface area contributed by atoms with Crippen LogP contribution in [0.15, 0.2) is 47.6 Å². The monoisotopic (exact) mass is 1030 g/mol. The highest BCUT2D eigenvalue weighted by atomic mass is 28.4. The number of hydrogen-bond acceptors (Lipinski definition) is 13. The maximum atomic E-state index is 15.0. The van der Waals surface area contributed by atoms with E-state index < -0.39 is 80.2 Å². The zero-order valence-corrected chi connectivity index (χ0v) is 47.2. The van der Waals surface area contributed by atoms with Gasteiger partial charge in [-0.25, -0.2) is 4.79 Å². The molecule has 3 heterocycles. The van der Waals surface area contributed by atoms with Crippen molar-refractivity contribution in [3.05, 3.63) is 58.7 Å². The SMILES string of the molecule is CCC1C=C(C)CC(C)CC(OC)C2OC(O)(C(=O)C(=O)N3CCCCC3C(=O)OC(C(C)=CC3CCC(OCc4ccc(CO)cc4)C(OC)C3)C(C)C(O[Si](C)(C)C(C)(C)C)CC1=O)C(C)CC2OC. The topological polar surface area (TPSA) is 177 Å². The minimum Gasteiger partial charge on any atom is -0.456 e. The Morgan fingerprint density at radius 2 is 1.50 bits per heavy atom. The van der Waals surface area contributed by atoms with Crippen molar-refractivity contribution in [2.75, 3.05) is 27.9 Å². The Hall–Kier alpha value is -3.12. The number of carbonyl (C=O) groups is 4. The first-order chi connectivity index (χ1) is 33.9. The molecule has 2 bridgehead atoms. The van der Waals surface area contributed by atoms with Crippen molar-refractivity contribution in [3.8, 4) is 0 Å². The van der Waals surface area contributed by atoms with Gasteiger partial charge in [-0.05, 0) is 125 Å². The molecule has 0 radical (unpaired) electrons. The van der Waals surface area contributed by atoms with Gasteiger partial charge in [0.05, 0.1) is 43.7 Å². The van der Waals surface area contributed by atoms with Gasteiger partial charge in [0, 0.05) is 52.0 Å². The number of ketones is 2. The number of ether oxygens (including phenoxy) is 6. The Labute approximate surface area is 432 Å². The Bertz CT molecular complexity index is 2030. The fraction of sp³-hybridized carbons (Fsp3) is 0.754. The van der Waals surface area contributed by atoms with E-state index in [0.29, 0.717) is 45.1 Å². The van der Waals surface area contributed by atoms with Crippen LogP contribution in [-0.4, -0.2) is 129 Å². The first kappa shape index (κ1) is 59.7. The molecule has 0 spiro atoms. The standard InChI is InChI=1S/C57H91NO13Si/c1-15-43-27-35(2)26-36(3)28-49(66-11)52-50(67-12)30-38(5)57(64,70-52)53(61)54(62)58-25-17-16-18-44(58)55(63)69-51(39(6)47(32-45(43)60)71-72(13,14)56(7,8)9)37(4)29-42-23-24-46(48(31-42)65-10)68-34-41-21-19-40(33-59)20-22-41/h19-22,27,29,36,38-39,42-44,46-52,59,64H,15-18,23-26,28,30-34H2,1-14H3. The highest BCUT2D eigenvalue weighted by Gasteiger charge is 2.57. The van der Waals surface area contributed by atoms with E-state index in [2.05, 4.69) is 52.9 Å². The molecule has 3 aliphatic heterocycles. The average Bonchev–Trinajstić information content (AvgIpc) is 3.35. The van der Waals surface area contributed by atoms with E-state index in [-0.39, 0.29) is 73.2 Å². The largest absolute Gasteiger partial charge is 0.456 e. The third kappa shape index (κ3) is 14.6. The molecular formula is C57H91NO13Si. The number of fused-ring (bicyclic) bond motifs is 3. The molecule has 1 aromatic rings. The summed E-state index contributed by atoms with van der Waals surface area (Å²) in [7, 11) is 2.26. The number of carbonyl (C=O) groups excluding carboxylic acids is 4. The maximum absolute atomic E-state index is 15.0. The normalized spacial score (nSPS) is 34.7. The van der Waals surface area contributed by atoms with Gasteiger partial charge in [-0.2, -0.15) is 0 Å². The lowest BCUT2D eigenvalue weighted by atomic mass is 9.81. The van der Waals surface area contributed by atoms with E-state index in [9.17, 15) is 24.6 Å². The van der Waals surface area contributed by atoms with Crippen LogP contribution in [0.25, 0.3) is 0 Å². The molecule has 0 aromatic heterocycles. The fourth-order valence-corrected chi connectivity index (χ4v) is 12.6. The van der Waals surface area contributed by atoms with Gasteiger partial charge in [0.25, 0.3) is 11.7 Å². The number of hydrogen-bond donors (Lipinski definition) is 2. The minimum atomic E-state index is -2.55. The molecule has 1 aromatic carbocycles. The molecule has 15 heteroatoms. The predicted octanol–water partition coefficient (Wildman–Crippen LogP) is 9.22.